The molecule has 2 aliphatic rings. The van der Waals surface area contributed by atoms with Gasteiger partial charge in [-0.15, -0.1) is 0 Å². The van der Waals surface area contributed by atoms with Gasteiger partial charge in [-0.3, -0.25) is 14.5 Å². The molecule has 0 bridgehead atoms. The van der Waals surface area contributed by atoms with Crippen LogP contribution in [0.4, 0.5) is 8.78 Å². The molecule has 2 aromatic rings. The van der Waals surface area contributed by atoms with Crippen LogP contribution in [0.5, 0.6) is 0 Å². The molecule has 8 nitrogen and oxygen atoms in total. The number of benzene rings is 1. The van der Waals surface area contributed by atoms with Gasteiger partial charge in [0.25, 0.3) is 5.91 Å². The van der Waals surface area contributed by atoms with E-state index >= 15 is 0 Å². The van der Waals surface area contributed by atoms with Crippen LogP contribution < -0.4 is 10.6 Å². The standard InChI is InChI=1S/C24H30F2N4O4/c25-15-6-7-17(19(26)12-15)22-13-21(29-34-22)24(33)28-20-8-10-30(16-4-2-1-3-5-16)14-18(20)23(32)27-9-11-31/h6-7,12-13,16,18,20,31H,1-5,8-11,14H2,(H,27,32)(H,28,33)/t18-,20-/m1/s1. The molecule has 1 aliphatic carbocycles. The molecular formula is C24H30F2N4O4. The first-order valence-electron chi connectivity index (χ1n) is 11.8. The second-order valence-corrected chi connectivity index (χ2v) is 8.98. The summed E-state index contributed by atoms with van der Waals surface area (Å²) in [6.45, 7) is 1.28. The lowest BCUT2D eigenvalue weighted by Gasteiger charge is -2.43. The molecular weight excluding hydrogens is 446 g/mol. The van der Waals surface area contributed by atoms with Gasteiger partial charge in [-0.2, -0.15) is 0 Å². The molecule has 4 rings (SSSR count). The van der Waals surface area contributed by atoms with Gasteiger partial charge >= 0.3 is 0 Å². The Morgan fingerprint density at radius 1 is 1.15 bits per heavy atom. The van der Waals surface area contributed by atoms with E-state index in [4.69, 9.17) is 9.63 Å². The molecule has 1 saturated carbocycles. The highest BCUT2D eigenvalue weighted by atomic mass is 19.1. The summed E-state index contributed by atoms with van der Waals surface area (Å²) in [5.41, 5.74) is -0.0575. The second kappa shape index (κ2) is 11.1. The molecule has 184 valence electrons. The van der Waals surface area contributed by atoms with Gasteiger partial charge < -0.3 is 20.3 Å². The number of aliphatic hydroxyl groups excluding tert-OH is 1. The Hall–Kier alpha value is -2.85. The van der Waals surface area contributed by atoms with Gasteiger partial charge in [0, 0.05) is 43.9 Å². The van der Waals surface area contributed by atoms with Crippen molar-refractivity contribution in [2.24, 2.45) is 5.92 Å². The molecule has 3 N–H and O–H groups in total. The van der Waals surface area contributed by atoms with Gasteiger partial charge in [0.2, 0.25) is 5.91 Å². The van der Waals surface area contributed by atoms with Crippen LogP contribution in [0.25, 0.3) is 11.3 Å². The third-order valence-corrected chi connectivity index (χ3v) is 6.74. The van der Waals surface area contributed by atoms with Crippen LogP contribution in [0.2, 0.25) is 0 Å². The van der Waals surface area contributed by atoms with E-state index in [-0.39, 0.29) is 36.1 Å². The van der Waals surface area contributed by atoms with E-state index < -0.39 is 29.5 Å². The highest BCUT2D eigenvalue weighted by Gasteiger charge is 2.38. The van der Waals surface area contributed by atoms with E-state index in [1.54, 1.807) is 0 Å². The van der Waals surface area contributed by atoms with Gasteiger partial charge in [0.05, 0.1) is 18.1 Å². The summed E-state index contributed by atoms with van der Waals surface area (Å²) in [5.74, 6) is -2.76. The van der Waals surface area contributed by atoms with Crippen LogP contribution in [0.1, 0.15) is 49.0 Å². The summed E-state index contributed by atoms with van der Waals surface area (Å²) >= 11 is 0. The summed E-state index contributed by atoms with van der Waals surface area (Å²) in [6.07, 6.45) is 6.44. The van der Waals surface area contributed by atoms with Gasteiger partial charge in [-0.05, 0) is 31.4 Å². The Morgan fingerprint density at radius 3 is 2.68 bits per heavy atom. The minimum atomic E-state index is -0.821. The lowest BCUT2D eigenvalue weighted by atomic mass is 9.87. The zero-order valence-corrected chi connectivity index (χ0v) is 18.9. The molecule has 1 aliphatic heterocycles. The molecule has 10 heteroatoms. The number of amides is 2. The fourth-order valence-corrected chi connectivity index (χ4v) is 4.94. The number of likely N-dealkylation sites (tertiary alicyclic amines) is 1. The van der Waals surface area contributed by atoms with Crippen LogP contribution in [-0.4, -0.2) is 65.3 Å². The SMILES string of the molecule is O=C(N[C@@H]1CCN(C2CCCCC2)C[C@H]1C(=O)NCCO)c1cc(-c2ccc(F)cc2F)on1. The first kappa shape index (κ1) is 24.3. The van der Waals surface area contributed by atoms with Crippen LogP contribution in [0, 0.1) is 17.6 Å². The van der Waals surface area contributed by atoms with E-state index in [9.17, 15) is 18.4 Å². The van der Waals surface area contributed by atoms with E-state index in [0.717, 1.165) is 31.5 Å². The van der Waals surface area contributed by atoms with Gasteiger partial charge in [-0.25, -0.2) is 8.78 Å². The number of hydrogen-bond acceptors (Lipinski definition) is 6. The maximum Gasteiger partial charge on any atom is 0.273 e. The van der Waals surface area contributed by atoms with Crippen molar-refractivity contribution < 1.29 is 28.0 Å². The smallest absolute Gasteiger partial charge is 0.273 e. The molecule has 1 aromatic heterocycles. The second-order valence-electron chi connectivity index (χ2n) is 8.98. The molecule has 2 heterocycles. The highest BCUT2D eigenvalue weighted by Crippen LogP contribution is 2.28. The van der Waals surface area contributed by atoms with Crippen molar-refractivity contribution in [3.8, 4) is 11.3 Å². The zero-order chi connectivity index (χ0) is 24.1. The minimum Gasteiger partial charge on any atom is -0.395 e. The van der Waals surface area contributed by atoms with Crippen molar-refractivity contribution in [2.75, 3.05) is 26.2 Å². The summed E-state index contributed by atoms with van der Waals surface area (Å²) < 4.78 is 32.4. The number of carbonyl (C=O) groups is 2. The normalized spacial score (nSPS) is 21.9. The van der Waals surface area contributed by atoms with E-state index in [2.05, 4.69) is 20.7 Å². The molecule has 0 spiro atoms. The summed E-state index contributed by atoms with van der Waals surface area (Å²) in [7, 11) is 0. The third kappa shape index (κ3) is 5.61. The monoisotopic (exact) mass is 476 g/mol. The topological polar surface area (TPSA) is 108 Å². The number of aromatic nitrogens is 1. The highest BCUT2D eigenvalue weighted by molar-refractivity contribution is 5.94. The maximum atomic E-state index is 14.1. The van der Waals surface area contributed by atoms with Crippen LogP contribution in [0.15, 0.2) is 28.8 Å². The molecule has 0 radical (unpaired) electrons. The van der Waals surface area contributed by atoms with Crippen LogP contribution in [0.3, 0.4) is 0 Å². The average Bonchev–Trinajstić information content (AvgIpc) is 3.33. The van der Waals surface area contributed by atoms with Gasteiger partial charge in [0.15, 0.2) is 11.5 Å². The fourth-order valence-electron chi connectivity index (χ4n) is 4.94. The first-order valence-corrected chi connectivity index (χ1v) is 11.8. The maximum absolute atomic E-state index is 14.1. The predicted octanol–water partition coefficient (Wildman–Crippen LogP) is 2.48. The van der Waals surface area contributed by atoms with Crippen LogP contribution in [-0.2, 0) is 4.79 Å². The number of hydrogen-bond donors (Lipinski definition) is 3. The predicted molar refractivity (Wildman–Crippen MR) is 120 cm³/mol. The van der Waals surface area contributed by atoms with E-state index in [1.165, 1.54) is 31.4 Å². The largest absolute Gasteiger partial charge is 0.395 e. The Labute approximate surface area is 196 Å². The van der Waals surface area contributed by atoms with Crippen molar-refractivity contribution in [2.45, 2.75) is 50.6 Å². The third-order valence-electron chi connectivity index (χ3n) is 6.74. The lowest BCUT2D eigenvalue weighted by molar-refractivity contribution is -0.128. The van der Waals surface area contributed by atoms with Crippen molar-refractivity contribution in [1.29, 1.82) is 0 Å². The molecule has 2 fully saturated rings. The fraction of sp³-hybridized carbons (Fsp3) is 0.542. The van der Waals surface area contributed by atoms with E-state index in [1.807, 2.05) is 0 Å². The van der Waals surface area contributed by atoms with Gasteiger partial charge in [-0.1, -0.05) is 24.4 Å². The summed E-state index contributed by atoms with van der Waals surface area (Å²) in [6, 6.07) is 4.36. The molecule has 2 amide bonds. The Bertz CT molecular complexity index is 1010. The lowest BCUT2D eigenvalue weighted by Crippen LogP contribution is -2.58. The molecule has 0 unspecified atom stereocenters. The molecule has 1 aromatic carbocycles. The van der Waals surface area contributed by atoms with E-state index in [0.29, 0.717) is 19.0 Å². The summed E-state index contributed by atoms with van der Waals surface area (Å²) in [4.78, 5) is 28.1. The summed E-state index contributed by atoms with van der Waals surface area (Å²) in [5, 5.41) is 18.5. The molecule has 34 heavy (non-hydrogen) atoms. The van der Waals surface area contributed by atoms with Crippen molar-refractivity contribution >= 4 is 11.8 Å². The number of aliphatic hydroxyl groups is 1. The quantitative estimate of drug-likeness (QED) is 0.567. The number of carbonyl (C=O) groups excluding carboxylic acids is 2. The zero-order valence-electron chi connectivity index (χ0n) is 18.9. The van der Waals surface area contributed by atoms with Gasteiger partial charge in [0.1, 0.15) is 11.6 Å². The first-order chi connectivity index (χ1) is 16.5. The Morgan fingerprint density at radius 2 is 1.94 bits per heavy atom. The molecule has 1 saturated heterocycles. The van der Waals surface area contributed by atoms with Crippen LogP contribution >= 0.6 is 0 Å². The number of rotatable bonds is 7. The number of nitrogens with zero attached hydrogens (tertiary/aromatic N) is 2. The number of nitrogens with one attached hydrogen (secondary N) is 2. The Balaban J connectivity index is 1.45. The minimum absolute atomic E-state index is 0.00463. The number of halogens is 2. The van der Waals surface area contributed by atoms with Crippen molar-refractivity contribution in [3.05, 3.63) is 41.6 Å². The Kier molecular flexibility index (Phi) is 7.89. The molecule has 2 atom stereocenters. The average molecular weight is 477 g/mol. The number of piperidine rings is 1. The van der Waals surface area contributed by atoms with Crippen molar-refractivity contribution in [3.63, 3.8) is 0 Å². The van der Waals surface area contributed by atoms with Crippen molar-refractivity contribution in [1.82, 2.24) is 20.7 Å².